The van der Waals surface area contributed by atoms with E-state index in [1.165, 1.54) is 12.0 Å². The predicted octanol–water partition coefficient (Wildman–Crippen LogP) is 1.92. The number of ether oxygens (including phenoxy) is 3. The fraction of sp³-hybridized carbons (Fsp3) is 0.312. The van der Waals surface area contributed by atoms with Crippen molar-refractivity contribution in [2.24, 2.45) is 0 Å². The molecule has 25 heavy (non-hydrogen) atoms. The number of anilines is 2. The number of rotatable bonds is 5. The molecule has 0 atom stereocenters. The quantitative estimate of drug-likeness (QED) is 0.854. The molecule has 1 aliphatic heterocycles. The Morgan fingerprint density at radius 2 is 1.96 bits per heavy atom. The number of hydrogen-bond donors (Lipinski definition) is 2. The monoisotopic (exact) mass is 345 g/mol. The van der Waals surface area contributed by atoms with Crippen LogP contribution in [0.2, 0.25) is 0 Å². The van der Waals surface area contributed by atoms with Crippen LogP contribution in [0.4, 0.5) is 16.4 Å². The number of hydrogen-bond acceptors (Lipinski definition) is 7. The van der Waals surface area contributed by atoms with Crippen LogP contribution >= 0.6 is 0 Å². The van der Waals surface area contributed by atoms with Crippen LogP contribution in [0, 0.1) is 0 Å². The van der Waals surface area contributed by atoms with Crippen LogP contribution < -0.4 is 24.8 Å². The maximum atomic E-state index is 12.4. The van der Waals surface area contributed by atoms with Crippen molar-refractivity contribution in [2.45, 2.75) is 6.54 Å². The highest BCUT2D eigenvalue weighted by molar-refractivity contribution is 5.91. The number of aromatic nitrogens is 2. The number of nitrogens with zero attached hydrogens (tertiary/aromatic N) is 3. The molecule has 1 aromatic carbocycles. The van der Waals surface area contributed by atoms with Gasteiger partial charge in [-0.05, 0) is 0 Å². The van der Waals surface area contributed by atoms with E-state index in [2.05, 4.69) is 20.6 Å². The van der Waals surface area contributed by atoms with Crippen LogP contribution in [-0.2, 0) is 6.54 Å². The van der Waals surface area contributed by atoms with E-state index in [1.807, 2.05) is 0 Å². The Morgan fingerprint density at radius 1 is 1.28 bits per heavy atom. The Balaban J connectivity index is 1.68. The number of carbonyl (C=O) groups excluding carboxylic acids is 1. The SMILES string of the molecule is CNc1ncc(CN(C)C(=O)Nc2cc3c(cc2OC)OCO3)cn1. The molecule has 0 fully saturated rings. The van der Waals surface area contributed by atoms with Gasteiger partial charge in [0.05, 0.1) is 19.3 Å². The molecule has 0 saturated carbocycles. The Hall–Kier alpha value is -3.23. The summed E-state index contributed by atoms with van der Waals surface area (Å²) < 4.78 is 15.9. The molecule has 1 aromatic heterocycles. The van der Waals surface area contributed by atoms with Crippen molar-refractivity contribution >= 4 is 17.7 Å². The number of nitrogens with one attached hydrogen (secondary N) is 2. The van der Waals surface area contributed by atoms with Gasteiger partial charge in [0, 0.05) is 44.2 Å². The van der Waals surface area contributed by atoms with Crippen molar-refractivity contribution in [2.75, 3.05) is 38.6 Å². The first kappa shape index (κ1) is 16.6. The average molecular weight is 345 g/mol. The van der Waals surface area contributed by atoms with E-state index < -0.39 is 0 Å². The van der Waals surface area contributed by atoms with Gasteiger partial charge in [-0.3, -0.25) is 0 Å². The summed E-state index contributed by atoms with van der Waals surface area (Å²) in [5, 5.41) is 5.65. The summed E-state index contributed by atoms with van der Waals surface area (Å²) in [6.07, 6.45) is 3.34. The Bertz CT molecular complexity index is 766. The fourth-order valence-corrected chi connectivity index (χ4v) is 2.31. The molecule has 2 N–H and O–H groups in total. The van der Waals surface area contributed by atoms with Crippen molar-refractivity contribution < 1.29 is 19.0 Å². The Labute approximate surface area is 144 Å². The van der Waals surface area contributed by atoms with Crippen LogP contribution in [-0.4, -0.2) is 48.9 Å². The summed E-state index contributed by atoms with van der Waals surface area (Å²) >= 11 is 0. The van der Waals surface area contributed by atoms with Crippen molar-refractivity contribution in [1.82, 2.24) is 14.9 Å². The smallest absolute Gasteiger partial charge is 0.321 e. The van der Waals surface area contributed by atoms with Gasteiger partial charge in [-0.2, -0.15) is 0 Å². The molecule has 2 heterocycles. The number of methoxy groups -OCH3 is 1. The molecule has 132 valence electrons. The van der Waals surface area contributed by atoms with Crippen LogP contribution in [0.1, 0.15) is 5.56 Å². The lowest BCUT2D eigenvalue weighted by Gasteiger charge is -2.19. The van der Waals surface area contributed by atoms with Gasteiger partial charge in [-0.1, -0.05) is 0 Å². The van der Waals surface area contributed by atoms with Gasteiger partial charge in [0.25, 0.3) is 0 Å². The maximum Gasteiger partial charge on any atom is 0.321 e. The molecule has 3 rings (SSSR count). The zero-order chi connectivity index (χ0) is 17.8. The molecule has 0 saturated heterocycles. The second-order valence-electron chi connectivity index (χ2n) is 5.36. The summed E-state index contributed by atoms with van der Waals surface area (Å²) in [4.78, 5) is 22.2. The van der Waals surface area contributed by atoms with Gasteiger partial charge in [0.2, 0.25) is 12.7 Å². The largest absolute Gasteiger partial charge is 0.494 e. The molecule has 1 aliphatic rings. The number of urea groups is 1. The van der Waals surface area contributed by atoms with E-state index in [-0.39, 0.29) is 12.8 Å². The zero-order valence-electron chi connectivity index (χ0n) is 14.2. The Morgan fingerprint density at radius 3 is 2.60 bits per heavy atom. The lowest BCUT2D eigenvalue weighted by molar-refractivity contribution is 0.174. The third-order valence-corrected chi connectivity index (χ3v) is 3.63. The Kier molecular flexibility index (Phi) is 4.73. The highest BCUT2D eigenvalue weighted by atomic mass is 16.7. The number of carbonyl (C=O) groups is 1. The molecule has 2 amide bonds. The van der Waals surface area contributed by atoms with Crippen LogP contribution in [0.25, 0.3) is 0 Å². The molecule has 0 aliphatic carbocycles. The van der Waals surface area contributed by atoms with Crippen molar-refractivity contribution in [3.63, 3.8) is 0 Å². The molecule has 9 nitrogen and oxygen atoms in total. The third-order valence-electron chi connectivity index (χ3n) is 3.63. The van der Waals surface area contributed by atoms with Gasteiger partial charge in [-0.25, -0.2) is 14.8 Å². The molecule has 0 bridgehead atoms. The average Bonchev–Trinajstić information content (AvgIpc) is 3.08. The molecular formula is C16H19N5O4. The van der Waals surface area contributed by atoms with Crippen LogP contribution in [0.5, 0.6) is 17.2 Å². The van der Waals surface area contributed by atoms with Gasteiger partial charge in [-0.15, -0.1) is 0 Å². The highest BCUT2D eigenvalue weighted by Crippen LogP contribution is 2.40. The summed E-state index contributed by atoms with van der Waals surface area (Å²) in [5.74, 6) is 2.17. The zero-order valence-corrected chi connectivity index (χ0v) is 14.2. The molecule has 0 radical (unpaired) electrons. The second kappa shape index (κ2) is 7.12. The van der Waals surface area contributed by atoms with Gasteiger partial charge < -0.3 is 29.7 Å². The molecule has 0 spiro atoms. The van der Waals surface area contributed by atoms with Crippen molar-refractivity contribution in [3.8, 4) is 17.2 Å². The second-order valence-corrected chi connectivity index (χ2v) is 5.36. The normalized spacial score (nSPS) is 11.8. The van der Waals surface area contributed by atoms with E-state index in [9.17, 15) is 4.79 Å². The first-order valence-corrected chi connectivity index (χ1v) is 7.59. The lowest BCUT2D eigenvalue weighted by Crippen LogP contribution is -2.31. The first-order chi connectivity index (χ1) is 12.1. The van der Waals surface area contributed by atoms with Crippen LogP contribution in [0.15, 0.2) is 24.5 Å². The first-order valence-electron chi connectivity index (χ1n) is 7.59. The van der Waals surface area contributed by atoms with E-state index in [1.54, 1.807) is 38.6 Å². The minimum Gasteiger partial charge on any atom is -0.494 e. The van der Waals surface area contributed by atoms with E-state index >= 15 is 0 Å². The summed E-state index contributed by atoms with van der Waals surface area (Å²) in [6, 6.07) is 3.06. The molecule has 9 heteroatoms. The minimum absolute atomic E-state index is 0.151. The minimum atomic E-state index is -0.296. The van der Waals surface area contributed by atoms with Crippen LogP contribution in [0.3, 0.4) is 0 Å². The van der Waals surface area contributed by atoms with Gasteiger partial charge in [0.15, 0.2) is 11.5 Å². The molecule has 2 aromatic rings. The third kappa shape index (κ3) is 3.65. The maximum absolute atomic E-state index is 12.4. The fourth-order valence-electron chi connectivity index (χ4n) is 2.31. The predicted molar refractivity (Wildman–Crippen MR) is 91.2 cm³/mol. The summed E-state index contributed by atoms with van der Waals surface area (Å²) in [7, 11) is 4.95. The molecular weight excluding hydrogens is 326 g/mol. The van der Waals surface area contributed by atoms with Crippen molar-refractivity contribution in [3.05, 3.63) is 30.1 Å². The van der Waals surface area contributed by atoms with Gasteiger partial charge in [0.1, 0.15) is 5.75 Å². The lowest BCUT2D eigenvalue weighted by atomic mass is 10.2. The van der Waals surface area contributed by atoms with Crippen molar-refractivity contribution in [1.29, 1.82) is 0 Å². The van der Waals surface area contributed by atoms with E-state index in [4.69, 9.17) is 14.2 Å². The number of fused-ring (bicyclic) bond motifs is 1. The number of benzene rings is 1. The van der Waals surface area contributed by atoms with E-state index in [0.29, 0.717) is 35.4 Å². The van der Waals surface area contributed by atoms with E-state index in [0.717, 1.165) is 5.56 Å². The van der Waals surface area contributed by atoms with Gasteiger partial charge >= 0.3 is 6.03 Å². The summed E-state index contributed by atoms with van der Waals surface area (Å²) in [6.45, 7) is 0.515. The topological polar surface area (TPSA) is 97.8 Å². The standard InChI is InChI=1S/C16H19N5O4/c1-17-15-18-6-10(7-19-15)8-21(2)16(22)20-11-4-13-14(25-9-24-13)5-12(11)23-3/h4-7H,8-9H2,1-3H3,(H,20,22)(H,17,18,19). The highest BCUT2D eigenvalue weighted by Gasteiger charge is 2.20. The molecule has 0 unspecified atom stereocenters. The number of amides is 2. The summed E-state index contributed by atoms with van der Waals surface area (Å²) in [5.41, 5.74) is 1.32.